The van der Waals surface area contributed by atoms with E-state index in [9.17, 15) is 39.5 Å². The molecular formula is C16H24F9N3O6. The molecule has 0 aromatic heterocycles. The van der Waals surface area contributed by atoms with Crippen molar-refractivity contribution in [2.24, 2.45) is 5.73 Å². The van der Waals surface area contributed by atoms with E-state index in [-0.39, 0.29) is 0 Å². The van der Waals surface area contributed by atoms with Crippen LogP contribution < -0.4 is 16.4 Å². The molecule has 0 aromatic carbocycles. The third-order valence-electron chi connectivity index (χ3n) is 2.47. The van der Waals surface area contributed by atoms with E-state index in [0.717, 1.165) is 32.6 Å². The number of carbonyl (C=O) groups is 3. The molecule has 0 heterocycles. The van der Waals surface area contributed by atoms with Crippen molar-refractivity contribution in [2.75, 3.05) is 32.7 Å². The number of hydrogen-bond donors (Lipinski definition) is 6. The maximum absolute atomic E-state index is 10.6. The summed E-state index contributed by atoms with van der Waals surface area (Å²) in [6.07, 6.45) is -6.72. The number of unbranched alkanes of at least 4 members (excludes halogenated alkanes) is 1. The summed E-state index contributed by atoms with van der Waals surface area (Å²) in [5.74, 6) is -5.72. The molecule has 9 nitrogen and oxygen atoms in total. The molecular weight excluding hydrogens is 501 g/mol. The SMILES string of the molecule is C#CCNCCCCNCCCN.O=C(O)C(F)(F)F.O=C(O)C(F)(F)F.O=C(O)C(F)(F)F. The third-order valence-corrected chi connectivity index (χ3v) is 2.47. The van der Waals surface area contributed by atoms with Crippen molar-refractivity contribution in [2.45, 2.75) is 37.8 Å². The molecule has 0 saturated carbocycles. The van der Waals surface area contributed by atoms with Crippen molar-refractivity contribution in [1.82, 2.24) is 10.6 Å². The second-order valence-electron chi connectivity index (χ2n) is 5.39. The molecule has 0 fully saturated rings. The normalized spacial score (nSPS) is 10.7. The first kappa shape index (κ1) is 38.5. The number of nitrogens with one attached hydrogen (secondary N) is 2. The first-order valence-corrected chi connectivity index (χ1v) is 8.70. The second kappa shape index (κ2) is 20.8. The maximum Gasteiger partial charge on any atom is 0.490 e. The van der Waals surface area contributed by atoms with E-state index in [1.807, 2.05) is 0 Å². The van der Waals surface area contributed by atoms with E-state index in [1.54, 1.807) is 0 Å². The zero-order valence-electron chi connectivity index (χ0n) is 17.3. The van der Waals surface area contributed by atoms with Crippen LogP contribution in [0.4, 0.5) is 39.5 Å². The lowest BCUT2D eigenvalue weighted by Gasteiger charge is -2.03. The monoisotopic (exact) mass is 525 g/mol. The number of nitrogens with two attached hydrogens (primary N) is 1. The van der Waals surface area contributed by atoms with Crippen LogP contribution >= 0.6 is 0 Å². The van der Waals surface area contributed by atoms with Crippen molar-refractivity contribution < 1.29 is 69.2 Å². The van der Waals surface area contributed by atoms with Crippen molar-refractivity contribution in [3.05, 3.63) is 0 Å². The molecule has 0 aliphatic rings. The molecule has 0 aliphatic carbocycles. The minimum atomic E-state index is -5.08. The molecule has 0 unspecified atom stereocenters. The summed E-state index contributed by atoms with van der Waals surface area (Å²) < 4.78 is 95.2. The zero-order valence-corrected chi connectivity index (χ0v) is 17.3. The molecule has 0 radical (unpaired) electrons. The van der Waals surface area contributed by atoms with Gasteiger partial charge in [-0.15, -0.1) is 6.42 Å². The number of aliphatic carboxylic acids is 3. The van der Waals surface area contributed by atoms with Gasteiger partial charge in [0.25, 0.3) is 0 Å². The lowest BCUT2D eigenvalue weighted by atomic mass is 10.3. The van der Waals surface area contributed by atoms with Crippen LogP contribution in [-0.2, 0) is 14.4 Å². The Labute approximate surface area is 187 Å². The smallest absolute Gasteiger partial charge is 0.475 e. The predicted molar refractivity (Wildman–Crippen MR) is 98.6 cm³/mol. The van der Waals surface area contributed by atoms with Gasteiger partial charge in [-0.05, 0) is 45.4 Å². The Bertz CT molecular complexity index is 546. The summed E-state index contributed by atoms with van der Waals surface area (Å²) in [5, 5.41) is 27.9. The van der Waals surface area contributed by atoms with E-state index in [0.29, 0.717) is 6.54 Å². The summed E-state index contributed by atoms with van der Waals surface area (Å²) in [4.78, 5) is 26.7. The second-order valence-corrected chi connectivity index (χ2v) is 5.39. The topological polar surface area (TPSA) is 162 Å². The van der Waals surface area contributed by atoms with Crippen LogP contribution in [0.2, 0.25) is 0 Å². The zero-order chi connectivity index (χ0) is 28.0. The van der Waals surface area contributed by atoms with Crippen LogP contribution in [0.1, 0.15) is 19.3 Å². The fourth-order valence-corrected chi connectivity index (χ4v) is 1.01. The van der Waals surface area contributed by atoms with Gasteiger partial charge in [-0.2, -0.15) is 39.5 Å². The largest absolute Gasteiger partial charge is 0.490 e. The van der Waals surface area contributed by atoms with Gasteiger partial charge in [-0.1, -0.05) is 5.92 Å². The number of halogens is 9. The van der Waals surface area contributed by atoms with E-state index in [1.165, 1.54) is 12.8 Å². The summed E-state index contributed by atoms with van der Waals surface area (Å²) in [6.45, 7) is 4.59. The quantitative estimate of drug-likeness (QED) is 0.150. The minimum Gasteiger partial charge on any atom is -0.475 e. The Morgan fingerprint density at radius 1 is 0.676 bits per heavy atom. The summed E-state index contributed by atoms with van der Waals surface area (Å²) in [6, 6.07) is 0. The molecule has 0 atom stereocenters. The third kappa shape index (κ3) is 36.6. The molecule has 0 bridgehead atoms. The predicted octanol–water partition coefficient (Wildman–Crippen LogP) is 1.83. The first-order chi connectivity index (χ1) is 15.2. The van der Waals surface area contributed by atoms with Gasteiger partial charge in [0.1, 0.15) is 0 Å². The average molecular weight is 525 g/mol. The van der Waals surface area contributed by atoms with Gasteiger partial charge in [0, 0.05) is 0 Å². The van der Waals surface area contributed by atoms with E-state index in [2.05, 4.69) is 16.6 Å². The fraction of sp³-hybridized carbons (Fsp3) is 0.688. The van der Waals surface area contributed by atoms with Crippen molar-refractivity contribution in [3.63, 3.8) is 0 Å². The van der Waals surface area contributed by atoms with Gasteiger partial charge in [-0.25, -0.2) is 14.4 Å². The molecule has 18 heteroatoms. The Morgan fingerprint density at radius 2 is 0.941 bits per heavy atom. The fourth-order valence-electron chi connectivity index (χ4n) is 1.01. The highest BCUT2D eigenvalue weighted by atomic mass is 19.4. The molecule has 34 heavy (non-hydrogen) atoms. The molecule has 0 saturated heterocycles. The Morgan fingerprint density at radius 3 is 1.18 bits per heavy atom. The van der Waals surface area contributed by atoms with Crippen LogP contribution in [0.15, 0.2) is 0 Å². The van der Waals surface area contributed by atoms with Crippen LogP contribution in [0.3, 0.4) is 0 Å². The standard InChI is InChI=1S/C10H21N3.3C2HF3O2/c1-2-7-12-8-3-4-9-13-10-5-6-11;3*3-2(4,5)1(6)7/h1,12-13H,3-11H2;3*(H,6,7). The number of alkyl halides is 9. The molecule has 0 aromatic rings. The van der Waals surface area contributed by atoms with E-state index >= 15 is 0 Å². The average Bonchev–Trinajstić information content (AvgIpc) is 2.66. The van der Waals surface area contributed by atoms with Gasteiger partial charge in [-0.3, -0.25) is 0 Å². The summed E-state index contributed by atoms with van der Waals surface area (Å²) in [5.41, 5.74) is 5.36. The first-order valence-electron chi connectivity index (χ1n) is 8.70. The van der Waals surface area contributed by atoms with Crippen LogP contribution in [0.25, 0.3) is 0 Å². The number of terminal acetylenes is 1. The summed E-state index contributed by atoms with van der Waals surface area (Å²) in [7, 11) is 0. The lowest BCUT2D eigenvalue weighted by Crippen LogP contribution is -2.21. The molecule has 202 valence electrons. The highest BCUT2D eigenvalue weighted by molar-refractivity contribution is 5.73. The molecule has 0 rings (SSSR count). The van der Waals surface area contributed by atoms with Gasteiger partial charge in [0.05, 0.1) is 6.54 Å². The number of rotatable bonds is 9. The van der Waals surface area contributed by atoms with Gasteiger partial charge in [0.15, 0.2) is 0 Å². The van der Waals surface area contributed by atoms with Crippen LogP contribution in [-0.4, -0.2) is 84.5 Å². The Balaban J connectivity index is -0.000000186. The highest BCUT2D eigenvalue weighted by Gasteiger charge is 2.39. The van der Waals surface area contributed by atoms with Crippen molar-refractivity contribution in [3.8, 4) is 12.3 Å². The molecule has 0 amide bonds. The van der Waals surface area contributed by atoms with E-state index in [4.69, 9.17) is 41.9 Å². The lowest BCUT2D eigenvalue weighted by molar-refractivity contribution is -0.193. The van der Waals surface area contributed by atoms with Gasteiger partial charge < -0.3 is 31.7 Å². The Kier molecular flexibility index (Phi) is 23.5. The number of hydrogen-bond acceptors (Lipinski definition) is 6. The molecule has 0 spiro atoms. The molecule has 0 aliphatic heterocycles. The van der Waals surface area contributed by atoms with Crippen molar-refractivity contribution in [1.29, 1.82) is 0 Å². The molecule has 7 N–H and O–H groups in total. The Hall–Kier alpha value is -2.78. The number of carboxylic acid groups (broad SMARTS) is 3. The van der Waals surface area contributed by atoms with Crippen LogP contribution in [0.5, 0.6) is 0 Å². The van der Waals surface area contributed by atoms with Gasteiger partial charge in [0.2, 0.25) is 0 Å². The van der Waals surface area contributed by atoms with Crippen LogP contribution in [0, 0.1) is 12.3 Å². The van der Waals surface area contributed by atoms with E-state index < -0.39 is 36.4 Å². The summed E-state index contributed by atoms with van der Waals surface area (Å²) >= 11 is 0. The maximum atomic E-state index is 10.6. The van der Waals surface area contributed by atoms with Crippen molar-refractivity contribution >= 4 is 17.9 Å². The van der Waals surface area contributed by atoms with Gasteiger partial charge >= 0.3 is 36.4 Å². The minimum absolute atomic E-state index is 0.681. The number of carboxylic acids is 3. The highest BCUT2D eigenvalue weighted by Crippen LogP contribution is 2.14.